The van der Waals surface area contributed by atoms with Crippen molar-refractivity contribution in [1.29, 1.82) is 0 Å². The fraction of sp³-hybridized carbons (Fsp3) is 0.583. The van der Waals surface area contributed by atoms with Gasteiger partial charge in [0.05, 0.1) is 20.3 Å². The van der Waals surface area contributed by atoms with Crippen LogP contribution in [0.15, 0.2) is 12.3 Å². The lowest BCUT2D eigenvalue weighted by molar-refractivity contribution is -0.141. The van der Waals surface area contributed by atoms with Gasteiger partial charge in [0.15, 0.2) is 5.82 Å². The fourth-order valence-electron chi connectivity index (χ4n) is 1.88. The Labute approximate surface area is 128 Å². The van der Waals surface area contributed by atoms with Crippen molar-refractivity contribution < 1.29 is 19.1 Å². The minimum absolute atomic E-state index is 0. The number of nitrogens with one attached hydrogen (secondary N) is 2. The number of aromatic nitrogens is 2. The summed E-state index contributed by atoms with van der Waals surface area (Å²) in [6.45, 7) is 1.98. The van der Waals surface area contributed by atoms with Crippen LogP contribution in [0.2, 0.25) is 0 Å². The maximum Gasteiger partial charge on any atom is 0.327 e. The van der Waals surface area contributed by atoms with Gasteiger partial charge in [0, 0.05) is 31.3 Å². The molecule has 1 saturated heterocycles. The van der Waals surface area contributed by atoms with Crippen LogP contribution < -0.4 is 10.6 Å². The number of anilines is 1. The van der Waals surface area contributed by atoms with Crippen LogP contribution in [0.4, 0.5) is 5.82 Å². The highest BCUT2D eigenvalue weighted by atomic mass is 35.5. The summed E-state index contributed by atoms with van der Waals surface area (Å²) >= 11 is 0. The van der Waals surface area contributed by atoms with Crippen molar-refractivity contribution in [3.63, 3.8) is 0 Å². The van der Waals surface area contributed by atoms with Crippen LogP contribution in [0.1, 0.15) is 6.42 Å². The lowest BCUT2D eigenvalue weighted by atomic mass is 10.2. The molecule has 1 fully saturated rings. The van der Waals surface area contributed by atoms with Gasteiger partial charge in [-0.15, -0.1) is 12.4 Å². The van der Waals surface area contributed by atoms with E-state index in [2.05, 4.69) is 20.5 Å². The van der Waals surface area contributed by atoms with Crippen molar-refractivity contribution >= 4 is 30.1 Å². The highest BCUT2D eigenvalue weighted by Crippen LogP contribution is 2.05. The zero-order chi connectivity index (χ0) is 14.4. The summed E-state index contributed by atoms with van der Waals surface area (Å²) < 4.78 is 11.2. The Morgan fingerprint density at radius 3 is 3.10 bits per heavy atom. The molecule has 2 heterocycles. The number of hydrogen-bond acceptors (Lipinski definition) is 6. The van der Waals surface area contributed by atoms with E-state index in [0.29, 0.717) is 25.5 Å². The van der Waals surface area contributed by atoms with Crippen molar-refractivity contribution in [1.82, 2.24) is 15.1 Å². The average Bonchev–Trinajstić information content (AvgIpc) is 2.86. The Balaban J connectivity index is 0.00000220. The van der Waals surface area contributed by atoms with Crippen LogP contribution in [-0.4, -0.2) is 54.6 Å². The molecule has 1 aromatic rings. The minimum Gasteiger partial charge on any atom is -0.468 e. The molecule has 1 aromatic heterocycles. The number of amides is 1. The van der Waals surface area contributed by atoms with Gasteiger partial charge in [-0.3, -0.25) is 14.3 Å². The van der Waals surface area contributed by atoms with Crippen LogP contribution in [0, 0.1) is 0 Å². The van der Waals surface area contributed by atoms with Gasteiger partial charge < -0.3 is 20.1 Å². The number of nitrogens with zero attached hydrogens (tertiary/aromatic N) is 2. The van der Waals surface area contributed by atoms with Gasteiger partial charge in [-0.05, 0) is 0 Å². The topological polar surface area (TPSA) is 94.5 Å². The second kappa shape index (κ2) is 8.60. The maximum atomic E-state index is 11.8. The van der Waals surface area contributed by atoms with E-state index >= 15 is 0 Å². The summed E-state index contributed by atoms with van der Waals surface area (Å²) in [5, 5.41) is 9.95. The molecular weight excluding hydrogens is 300 g/mol. The molecule has 1 atom stereocenters. The largest absolute Gasteiger partial charge is 0.468 e. The van der Waals surface area contributed by atoms with E-state index in [1.165, 1.54) is 11.8 Å². The monoisotopic (exact) mass is 318 g/mol. The fourth-order valence-corrected chi connectivity index (χ4v) is 1.88. The average molecular weight is 319 g/mol. The Hall–Kier alpha value is -1.64. The molecule has 21 heavy (non-hydrogen) atoms. The Morgan fingerprint density at radius 2 is 2.43 bits per heavy atom. The van der Waals surface area contributed by atoms with Gasteiger partial charge in [-0.25, -0.2) is 0 Å². The summed E-state index contributed by atoms with van der Waals surface area (Å²) in [6, 6.07) is 1.66. The second-order valence-corrected chi connectivity index (χ2v) is 4.45. The molecule has 8 nitrogen and oxygen atoms in total. The molecule has 2 N–H and O–H groups in total. The van der Waals surface area contributed by atoms with Crippen molar-refractivity contribution in [2.75, 3.05) is 32.2 Å². The van der Waals surface area contributed by atoms with Gasteiger partial charge >= 0.3 is 5.97 Å². The molecule has 1 aliphatic heterocycles. The van der Waals surface area contributed by atoms with Crippen molar-refractivity contribution in [3.05, 3.63) is 12.3 Å². The molecule has 0 aromatic carbocycles. The number of ether oxygens (including phenoxy) is 2. The van der Waals surface area contributed by atoms with Gasteiger partial charge in [0.25, 0.3) is 0 Å². The van der Waals surface area contributed by atoms with Crippen LogP contribution in [0.3, 0.4) is 0 Å². The SMILES string of the molecule is COC(=O)Cn1ccc(NC(=O)CC2COCCN2)n1.Cl. The van der Waals surface area contributed by atoms with Crippen molar-refractivity contribution in [2.24, 2.45) is 0 Å². The van der Waals surface area contributed by atoms with Gasteiger partial charge in [0.1, 0.15) is 6.54 Å². The molecule has 2 rings (SSSR count). The zero-order valence-corrected chi connectivity index (χ0v) is 12.5. The quantitative estimate of drug-likeness (QED) is 0.730. The predicted molar refractivity (Wildman–Crippen MR) is 77.3 cm³/mol. The zero-order valence-electron chi connectivity index (χ0n) is 11.7. The molecule has 1 amide bonds. The third-order valence-electron chi connectivity index (χ3n) is 2.86. The first-order chi connectivity index (χ1) is 9.67. The Bertz CT molecular complexity index is 474. The summed E-state index contributed by atoms with van der Waals surface area (Å²) in [7, 11) is 1.31. The van der Waals surface area contributed by atoms with Crippen molar-refractivity contribution in [3.8, 4) is 0 Å². The molecule has 1 aliphatic rings. The Kier molecular flexibility index (Phi) is 7.13. The van der Waals surface area contributed by atoms with Crippen LogP contribution in [0.5, 0.6) is 0 Å². The van der Waals surface area contributed by atoms with E-state index < -0.39 is 5.97 Å². The lowest BCUT2D eigenvalue weighted by Crippen LogP contribution is -2.43. The van der Waals surface area contributed by atoms with E-state index in [-0.39, 0.29) is 30.9 Å². The van der Waals surface area contributed by atoms with E-state index in [1.807, 2.05) is 0 Å². The summed E-state index contributed by atoms with van der Waals surface area (Å²) in [6.07, 6.45) is 1.93. The second-order valence-electron chi connectivity index (χ2n) is 4.45. The standard InChI is InChI=1S/C12H18N4O4.ClH/c1-19-12(18)7-16-4-2-10(15-16)14-11(17)6-9-8-20-5-3-13-9;/h2,4,9,13H,3,5-8H2,1H3,(H,14,15,17);1H. The first-order valence-corrected chi connectivity index (χ1v) is 6.38. The van der Waals surface area contributed by atoms with E-state index in [1.54, 1.807) is 12.3 Å². The lowest BCUT2D eigenvalue weighted by Gasteiger charge is -2.22. The number of hydrogen-bond donors (Lipinski definition) is 2. The number of morpholine rings is 1. The number of esters is 1. The molecule has 1 unspecified atom stereocenters. The van der Waals surface area contributed by atoms with E-state index in [4.69, 9.17) is 4.74 Å². The highest BCUT2D eigenvalue weighted by Gasteiger charge is 2.17. The number of carbonyl (C=O) groups is 2. The molecule has 0 saturated carbocycles. The molecule has 118 valence electrons. The maximum absolute atomic E-state index is 11.8. The van der Waals surface area contributed by atoms with Crippen LogP contribution >= 0.6 is 12.4 Å². The highest BCUT2D eigenvalue weighted by molar-refractivity contribution is 5.90. The van der Waals surface area contributed by atoms with Gasteiger partial charge in [-0.1, -0.05) is 0 Å². The van der Waals surface area contributed by atoms with Crippen molar-refractivity contribution in [2.45, 2.75) is 19.0 Å². The molecule has 0 aliphatic carbocycles. The summed E-state index contributed by atoms with van der Waals surface area (Å²) in [4.78, 5) is 22.9. The third-order valence-corrected chi connectivity index (χ3v) is 2.86. The summed E-state index contributed by atoms with van der Waals surface area (Å²) in [5.41, 5.74) is 0. The first-order valence-electron chi connectivity index (χ1n) is 6.38. The smallest absolute Gasteiger partial charge is 0.327 e. The van der Waals surface area contributed by atoms with Crippen LogP contribution in [0.25, 0.3) is 0 Å². The molecule has 0 bridgehead atoms. The normalized spacial score (nSPS) is 17.7. The van der Waals surface area contributed by atoms with E-state index in [0.717, 1.165) is 6.54 Å². The van der Waals surface area contributed by atoms with Gasteiger partial charge in [-0.2, -0.15) is 5.10 Å². The van der Waals surface area contributed by atoms with E-state index in [9.17, 15) is 9.59 Å². The van der Waals surface area contributed by atoms with Gasteiger partial charge in [0.2, 0.25) is 5.91 Å². The number of carbonyl (C=O) groups excluding carboxylic acids is 2. The molecule has 0 spiro atoms. The minimum atomic E-state index is -0.394. The number of methoxy groups -OCH3 is 1. The number of rotatable bonds is 5. The molecule has 9 heteroatoms. The molecular formula is C12H19ClN4O4. The first kappa shape index (κ1) is 17.4. The van der Waals surface area contributed by atoms with Crippen LogP contribution in [-0.2, 0) is 25.6 Å². The Morgan fingerprint density at radius 1 is 1.62 bits per heavy atom. The predicted octanol–water partition coefficient (Wildman–Crippen LogP) is -0.205. The number of halogens is 1. The molecule has 0 radical (unpaired) electrons. The summed E-state index contributed by atoms with van der Waals surface area (Å²) in [5.74, 6) is -0.124. The third kappa shape index (κ3) is 5.70.